The number of aromatic nitrogens is 2. The maximum absolute atomic E-state index is 13.0. The van der Waals surface area contributed by atoms with E-state index in [1.54, 1.807) is 16.2 Å². The molecule has 0 radical (unpaired) electrons. The Balaban J connectivity index is 1.76. The molecule has 0 aliphatic carbocycles. The number of rotatable bonds is 3. The highest BCUT2D eigenvalue weighted by molar-refractivity contribution is 5.84. The van der Waals surface area contributed by atoms with Crippen molar-refractivity contribution in [2.75, 3.05) is 0 Å². The van der Waals surface area contributed by atoms with Gasteiger partial charge in [-0.3, -0.25) is 9.13 Å². The van der Waals surface area contributed by atoms with E-state index >= 15 is 0 Å². The van der Waals surface area contributed by atoms with Gasteiger partial charge in [-0.25, -0.2) is 4.79 Å². The van der Waals surface area contributed by atoms with Crippen LogP contribution in [-0.2, 0) is 19.0 Å². The average molecular weight is 396 g/mol. The van der Waals surface area contributed by atoms with Crippen molar-refractivity contribution in [2.24, 2.45) is 7.05 Å². The Morgan fingerprint density at radius 3 is 2.30 bits per heavy atom. The van der Waals surface area contributed by atoms with Gasteiger partial charge in [-0.2, -0.15) is 5.26 Å². The number of nitrogens with zero attached hydrogens (tertiary/aromatic N) is 3. The molecular weight excluding hydrogens is 370 g/mol. The van der Waals surface area contributed by atoms with Gasteiger partial charge in [-0.05, 0) is 45.9 Å². The molecule has 150 valence electrons. The fourth-order valence-corrected chi connectivity index (χ4v) is 3.85. The van der Waals surface area contributed by atoms with Crippen molar-refractivity contribution in [2.45, 2.75) is 32.7 Å². The second-order valence-electron chi connectivity index (χ2n) is 8.74. The van der Waals surface area contributed by atoms with Crippen molar-refractivity contribution >= 4 is 11.0 Å². The van der Waals surface area contributed by atoms with Gasteiger partial charge in [0.25, 0.3) is 0 Å². The Kier molecular flexibility index (Phi) is 4.83. The van der Waals surface area contributed by atoms with E-state index in [4.69, 9.17) is 0 Å². The maximum Gasteiger partial charge on any atom is 0.329 e. The molecule has 0 aliphatic heterocycles. The zero-order valence-electron chi connectivity index (χ0n) is 17.8. The van der Waals surface area contributed by atoms with Gasteiger partial charge in [-0.15, -0.1) is 0 Å². The highest BCUT2D eigenvalue weighted by Gasteiger charge is 2.15. The van der Waals surface area contributed by atoms with Crippen LogP contribution >= 0.6 is 0 Å². The van der Waals surface area contributed by atoms with Gasteiger partial charge in [0, 0.05) is 7.05 Å². The lowest BCUT2D eigenvalue weighted by atomic mass is 9.87. The molecule has 4 aromatic rings. The second-order valence-corrected chi connectivity index (χ2v) is 8.74. The molecule has 3 aromatic carbocycles. The van der Waals surface area contributed by atoms with Gasteiger partial charge >= 0.3 is 5.69 Å². The lowest BCUT2D eigenvalue weighted by molar-refractivity contribution is 0.589. The molecule has 0 spiro atoms. The summed E-state index contributed by atoms with van der Waals surface area (Å²) in [4.78, 5) is 13.0. The molecule has 1 aromatic heterocycles. The SMILES string of the molecule is Cn1c(=O)n(Cc2ccc(C(C)(C)C)cc2)c2ccc(-c3ccccc3C#N)cc21. The summed E-state index contributed by atoms with van der Waals surface area (Å²) < 4.78 is 3.48. The zero-order chi connectivity index (χ0) is 21.5. The zero-order valence-corrected chi connectivity index (χ0v) is 17.8. The van der Waals surface area contributed by atoms with E-state index in [0.717, 1.165) is 27.7 Å². The first-order valence-electron chi connectivity index (χ1n) is 10.1. The lowest BCUT2D eigenvalue weighted by Gasteiger charge is -2.19. The summed E-state index contributed by atoms with van der Waals surface area (Å²) in [6.45, 7) is 7.10. The molecule has 0 amide bonds. The first-order chi connectivity index (χ1) is 14.3. The van der Waals surface area contributed by atoms with Crippen LogP contribution in [0.3, 0.4) is 0 Å². The van der Waals surface area contributed by atoms with Crippen molar-refractivity contribution in [3.8, 4) is 17.2 Å². The van der Waals surface area contributed by atoms with E-state index in [1.165, 1.54) is 5.56 Å². The Hall–Kier alpha value is -3.58. The van der Waals surface area contributed by atoms with E-state index in [-0.39, 0.29) is 11.1 Å². The lowest BCUT2D eigenvalue weighted by Crippen LogP contribution is -2.22. The first kappa shape index (κ1) is 19.7. The molecule has 0 N–H and O–H groups in total. The van der Waals surface area contributed by atoms with Crippen LogP contribution in [0, 0.1) is 11.3 Å². The normalized spacial score (nSPS) is 11.6. The van der Waals surface area contributed by atoms with E-state index in [0.29, 0.717) is 12.1 Å². The molecule has 4 nitrogen and oxygen atoms in total. The van der Waals surface area contributed by atoms with Crippen LogP contribution in [0.1, 0.15) is 37.5 Å². The first-order valence-corrected chi connectivity index (χ1v) is 10.1. The highest BCUT2D eigenvalue weighted by Crippen LogP contribution is 2.27. The van der Waals surface area contributed by atoms with Gasteiger partial charge in [-0.1, -0.05) is 69.3 Å². The molecule has 1 heterocycles. The number of fused-ring (bicyclic) bond motifs is 1. The number of imidazole rings is 1. The molecule has 0 fully saturated rings. The predicted molar refractivity (Wildman–Crippen MR) is 122 cm³/mol. The van der Waals surface area contributed by atoms with Crippen LogP contribution in [0.2, 0.25) is 0 Å². The number of aryl methyl sites for hydroxylation is 1. The molecule has 0 bridgehead atoms. The molecule has 0 unspecified atom stereocenters. The van der Waals surface area contributed by atoms with Gasteiger partial charge in [0.15, 0.2) is 0 Å². The fourth-order valence-electron chi connectivity index (χ4n) is 3.85. The van der Waals surface area contributed by atoms with E-state index in [1.807, 2.05) is 42.5 Å². The number of nitriles is 1. The van der Waals surface area contributed by atoms with E-state index in [2.05, 4.69) is 51.1 Å². The summed E-state index contributed by atoms with van der Waals surface area (Å²) in [5.74, 6) is 0. The monoisotopic (exact) mass is 395 g/mol. The van der Waals surface area contributed by atoms with Crippen molar-refractivity contribution < 1.29 is 0 Å². The van der Waals surface area contributed by atoms with Crippen molar-refractivity contribution in [1.82, 2.24) is 9.13 Å². The van der Waals surface area contributed by atoms with Crippen LogP contribution in [0.5, 0.6) is 0 Å². The van der Waals surface area contributed by atoms with Gasteiger partial charge in [0.2, 0.25) is 0 Å². The minimum Gasteiger partial charge on any atom is -0.295 e. The standard InChI is InChI=1S/C26H25N3O/c1-26(2,3)21-12-9-18(10-13-21)17-29-23-14-11-19(15-24(23)28(4)25(29)30)22-8-6-5-7-20(22)16-27/h5-15H,17H2,1-4H3. The summed E-state index contributed by atoms with van der Waals surface area (Å²) in [5.41, 5.74) is 6.61. The van der Waals surface area contributed by atoms with Gasteiger partial charge < -0.3 is 0 Å². The third-order valence-corrected chi connectivity index (χ3v) is 5.66. The van der Waals surface area contributed by atoms with Crippen LogP contribution < -0.4 is 5.69 Å². The Morgan fingerprint density at radius 1 is 0.933 bits per heavy atom. The summed E-state index contributed by atoms with van der Waals surface area (Å²) in [7, 11) is 1.80. The quantitative estimate of drug-likeness (QED) is 0.477. The van der Waals surface area contributed by atoms with Crippen LogP contribution in [0.25, 0.3) is 22.2 Å². The smallest absolute Gasteiger partial charge is 0.295 e. The summed E-state index contributed by atoms with van der Waals surface area (Å²) in [6, 6.07) is 24.2. The Morgan fingerprint density at radius 2 is 1.63 bits per heavy atom. The van der Waals surface area contributed by atoms with E-state index in [9.17, 15) is 10.1 Å². The van der Waals surface area contributed by atoms with Crippen LogP contribution in [-0.4, -0.2) is 9.13 Å². The third-order valence-electron chi connectivity index (χ3n) is 5.66. The molecule has 4 rings (SSSR count). The van der Waals surface area contributed by atoms with Crippen molar-refractivity contribution in [3.05, 3.63) is 93.9 Å². The molecule has 0 saturated heterocycles. The van der Waals surface area contributed by atoms with Gasteiger partial charge in [0.05, 0.1) is 29.2 Å². The minimum absolute atomic E-state index is 0.0457. The summed E-state index contributed by atoms with van der Waals surface area (Å²) >= 11 is 0. The molecule has 30 heavy (non-hydrogen) atoms. The van der Waals surface area contributed by atoms with Crippen molar-refractivity contribution in [3.63, 3.8) is 0 Å². The van der Waals surface area contributed by atoms with Crippen LogP contribution in [0.4, 0.5) is 0 Å². The predicted octanol–water partition coefficient (Wildman–Crippen LogP) is 5.22. The molecule has 0 saturated carbocycles. The summed E-state index contributed by atoms with van der Waals surface area (Å²) in [5, 5.41) is 9.42. The van der Waals surface area contributed by atoms with Crippen molar-refractivity contribution in [1.29, 1.82) is 5.26 Å². The minimum atomic E-state index is -0.0457. The summed E-state index contributed by atoms with van der Waals surface area (Å²) in [6.07, 6.45) is 0. The van der Waals surface area contributed by atoms with E-state index < -0.39 is 0 Å². The van der Waals surface area contributed by atoms with Crippen LogP contribution in [0.15, 0.2) is 71.5 Å². The molecule has 0 atom stereocenters. The van der Waals surface area contributed by atoms with Gasteiger partial charge in [0.1, 0.15) is 0 Å². The third kappa shape index (κ3) is 3.44. The fraction of sp³-hybridized carbons (Fsp3) is 0.231. The topological polar surface area (TPSA) is 50.7 Å². The largest absolute Gasteiger partial charge is 0.329 e. The molecule has 4 heteroatoms. The molecule has 0 aliphatic rings. The maximum atomic E-state index is 13.0. The Bertz CT molecular complexity index is 1330. The molecular formula is C26H25N3O. The average Bonchev–Trinajstić information content (AvgIpc) is 2.98. The number of hydrogen-bond donors (Lipinski definition) is 0. The Labute approximate surface area is 176 Å². The number of benzene rings is 3. The second kappa shape index (κ2) is 7.35. The number of hydrogen-bond acceptors (Lipinski definition) is 2. The highest BCUT2D eigenvalue weighted by atomic mass is 16.1.